The standard InChI is InChI=1S/C38H38F3N3O3S/c1-7-25(19-20-43(6)35(45)30-12-10-9-11-29(30)26-13-15-27(16-14-26)38(39,40)41)34-42-32(23-48-34)36(46)44-33-18-17-28(47-8-2)21-31(33)24(3)22-37(44,4)5/h9-19,21-23H,7-8,20H2,1-6H3/b25-19+. The molecule has 6 nitrogen and oxygen atoms in total. The summed E-state index contributed by atoms with van der Waals surface area (Å²) < 4.78 is 45.0. The number of rotatable bonds is 9. The van der Waals surface area contributed by atoms with Crippen molar-refractivity contribution in [3.05, 3.63) is 112 Å². The molecule has 5 rings (SSSR count). The topological polar surface area (TPSA) is 62.7 Å². The molecule has 0 radical (unpaired) electrons. The molecule has 1 aliphatic heterocycles. The molecule has 0 aliphatic carbocycles. The van der Waals surface area contributed by atoms with Crippen LogP contribution < -0.4 is 9.64 Å². The number of anilines is 1. The number of carbonyl (C=O) groups excluding carboxylic acids is 2. The minimum atomic E-state index is -4.44. The van der Waals surface area contributed by atoms with E-state index in [2.05, 4.69) is 6.08 Å². The number of hydrogen-bond donors (Lipinski definition) is 0. The lowest BCUT2D eigenvalue weighted by Gasteiger charge is -2.41. The summed E-state index contributed by atoms with van der Waals surface area (Å²) in [4.78, 5) is 35.7. The van der Waals surface area contributed by atoms with Gasteiger partial charge in [0, 0.05) is 30.1 Å². The summed E-state index contributed by atoms with van der Waals surface area (Å²) in [7, 11) is 1.68. The van der Waals surface area contributed by atoms with Crippen LogP contribution in [-0.4, -0.2) is 47.4 Å². The first-order chi connectivity index (χ1) is 22.7. The Morgan fingerprint density at radius 3 is 2.40 bits per heavy atom. The summed E-state index contributed by atoms with van der Waals surface area (Å²) in [5, 5.41) is 2.46. The van der Waals surface area contributed by atoms with Gasteiger partial charge < -0.3 is 9.64 Å². The Balaban J connectivity index is 1.35. The molecule has 250 valence electrons. The van der Waals surface area contributed by atoms with Crippen molar-refractivity contribution in [2.45, 2.75) is 52.8 Å². The molecule has 1 aliphatic rings. The average molecular weight is 674 g/mol. The Morgan fingerprint density at radius 1 is 1.02 bits per heavy atom. The fraction of sp³-hybridized carbons (Fsp3) is 0.289. The SMILES string of the molecule is CCOc1ccc2c(c1)C(C)=CC(C)(C)N2C(=O)c1csc(/C(=C/CN(C)C(=O)c2ccccc2-c2ccc(C(F)(F)F)cc2)CC)n1. The quantitative estimate of drug-likeness (QED) is 0.178. The summed E-state index contributed by atoms with van der Waals surface area (Å²) in [5.74, 6) is 0.268. The van der Waals surface area contributed by atoms with Crippen LogP contribution in [0.4, 0.5) is 18.9 Å². The number of likely N-dealkylation sites (N-methyl/N-ethyl adjacent to an activating group) is 1. The zero-order valence-electron chi connectivity index (χ0n) is 27.8. The first-order valence-corrected chi connectivity index (χ1v) is 16.6. The molecule has 0 N–H and O–H groups in total. The zero-order valence-corrected chi connectivity index (χ0v) is 28.6. The van der Waals surface area contributed by atoms with E-state index >= 15 is 0 Å². The van der Waals surface area contributed by atoms with E-state index in [1.165, 1.54) is 23.5 Å². The molecule has 1 aromatic heterocycles. The number of carbonyl (C=O) groups is 2. The first-order valence-electron chi connectivity index (χ1n) is 15.7. The van der Waals surface area contributed by atoms with E-state index in [-0.39, 0.29) is 18.4 Å². The van der Waals surface area contributed by atoms with Crippen molar-refractivity contribution in [3.63, 3.8) is 0 Å². The van der Waals surface area contributed by atoms with Crippen molar-refractivity contribution in [1.29, 1.82) is 0 Å². The summed E-state index contributed by atoms with van der Waals surface area (Å²) in [6, 6.07) is 17.4. The molecule has 48 heavy (non-hydrogen) atoms. The van der Waals surface area contributed by atoms with Gasteiger partial charge in [-0.15, -0.1) is 11.3 Å². The summed E-state index contributed by atoms with van der Waals surface area (Å²) in [5.41, 5.74) is 4.15. The van der Waals surface area contributed by atoms with Gasteiger partial charge in [-0.2, -0.15) is 13.2 Å². The van der Waals surface area contributed by atoms with Crippen LogP contribution in [0.1, 0.15) is 78.0 Å². The minimum Gasteiger partial charge on any atom is -0.494 e. The van der Waals surface area contributed by atoms with Gasteiger partial charge in [0.1, 0.15) is 16.5 Å². The van der Waals surface area contributed by atoms with Crippen molar-refractivity contribution >= 4 is 40.0 Å². The number of fused-ring (bicyclic) bond motifs is 1. The van der Waals surface area contributed by atoms with Crippen LogP contribution in [0.25, 0.3) is 22.3 Å². The highest BCUT2D eigenvalue weighted by molar-refractivity contribution is 7.11. The van der Waals surface area contributed by atoms with Crippen LogP contribution in [0.3, 0.4) is 0 Å². The van der Waals surface area contributed by atoms with E-state index in [0.717, 1.165) is 40.3 Å². The number of nitrogens with zero attached hydrogens (tertiary/aromatic N) is 3. The van der Waals surface area contributed by atoms with Crippen LogP contribution in [-0.2, 0) is 6.18 Å². The van der Waals surface area contributed by atoms with Crippen molar-refractivity contribution in [1.82, 2.24) is 9.88 Å². The fourth-order valence-corrected chi connectivity index (χ4v) is 6.86. The number of halogens is 3. The van der Waals surface area contributed by atoms with Gasteiger partial charge in [-0.25, -0.2) is 4.98 Å². The van der Waals surface area contributed by atoms with Gasteiger partial charge in [-0.05, 0) is 92.8 Å². The molecule has 0 atom stereocenters. The lowest BCUT2D eigenvalue weighted by atomic mass is 9.88. The number of hydrogen-bond acceptors (Lipinski definition) is 5. The van der Waals surface area contributed by atoms with Crippen molar-refractivity contribution < 1.29 is 27.5 Å². The summed E-state index contributed by atoms with van der Waals surface area (Å²) in [6.07, 6.45) is 0.193. The number of allylic oxidation sites excluding steroid dienone is 2. The van der Waals surface area contributed by atoms with Crippen molar-refractivity contribution in [2.24, 2.45) is 0 Å². The highest BCUT2D eigenvalue weighted by Gasteiger charge is 2.37. The maximum Gasteiger partial charge on any atom is 0.416 e. The van der Waals surface area contributed by atoms with Crippen LogP contribution in [0.5, 0.6) is 5.75 Å². The molecule has 2 amide bonds. The zero-order chi connectivity index (χ0) is 34.8. The second-order valence-corrected chi connectivity index (χ2v) is 13.0. The van der Waals surface area contributed by atoms with Gasteiger partial charge >= 0.3 is 6.18 Å². The lowest BCUT2D eigenvalue weighted by Crippen LogP contribution is -2.49. The van der Waals surface area contributed by atoms with Gasteiger partial charge in [-0.3, -0.25) is 14.5 Å². The average Bonchev–Trinajstić information content (AvgIpc) is 3.54. The first kappa shape index (κ1) is 34.6. The van der Waals surface area contributed by atoms with Crippen molar-refractivity contribution in [3.8, 4) is 16.9 Å². The molecule has 0 bridgehead atoms. The molecule has 0 saturated carbocycles. The van der Waals surface area contributed by atoms with E-state index in [0.29, 0.717) is 40.4 Å². The summed E-state index contributed by atoms with van der Waals surface area (Å²) in [6.45, 7) is 10.8. The van der Waals surface area contributed by atoms with Crippen LogP contribution >= 0.6 is 11.3 Å². The number of amides is 2. The molecule has 4 aromatic rings. The van der Waals surface area contributed by atoms with E-state index in [4.69, 9.17) is 9.72 Å². The number of alkyl halides is 3. The number of benzene rings is 3. The van der Waals surface area contributed by atoms with Crippen LogP contribution in [0.15, 0.2) is 84.3 Å². The molecular weight excluding hydrogens is 635 g/mol. The maximum atomic E-state index is 14.0. The van der Waals surface area contributed by atoms with E-state index in [1.807, 2.05) is 58.9 Å². The third kappa shape index (κ3) is 7.08. The number of ether oxygens (including phenoxy) is 1. The van der Waals surface area contributed by atoms with E-state index in [1.54, 1.807) is 46.5 Å². The minimum absolute atomic E-state index is 0.209. The normalized spacial score (nSPS) is 14.3. The molecule has 0 saturated heterocycles. The van der Waals surface area contributed by atoms with Gasteiger partial charge in [0.2, 0.25) is 0 Å². The molecule has 0 spiro atoms. The Kier molecular flexibility index (Phi) is 9.96. The Hall–Kier alpha value is -4.70. The predicted octanol–water partition coefficient (Wildman–Crippen LogP) is 9.64. The third-order valence-corrected chi connectivity index (χ3v) is 9.23. The molecule has 0 unspecified atom stereocenters. The Morgan fingerprint density at radius 2 is 1.73 bits per heavy atom. The third-order valence-electron chi connectivity index (χ3n) is 8.31. The van der Waals surface area contributed by atoms with E-state index < -0.39 is 17.3 Å². The van der Waals surface area contributed by atoms with Gasteiger partial charge in [0.25, 0.3) is 11.8 Å². The lowest BCUT2D eigenvalue weighted by molar-refractivity contribution is -0.137. The number of thiazole rings is 1. The van der Waals surface area contributed by atoms with Crippen LogP contribution in [0, 0.1) is 0 Å². The smallest absolute Gasteiger partial charge is 0.416 e. The van der Waals surface area contributed by atoms with Gasteiger partial charge in [-0.1, -0.05) is 49.4 Å². The van der Waals surface area contributed by atoms with Crippen molar-refractivity contribution in [2.75, 3.05) is 25.1 Å². The number of aromatic nitrogens is 1. The largest absolute Gasteiger partial charge is 0.494 e. The molecule has 2 heterocycles. The monoisotopic (exact) mass is 673 g/mol. The highest BCUT2D eigenvalue weighted by Crippen LogP contribution is 2.42. The fourth-order valence-electron chi connectivity index (χ4n) is 5.95. The second-order valence-electron chi connectivity index (χ2n) is 12.2. The molecule has 3 aromatic carbocycles. The molecule has 10 heteroatoms. The molecular formula is C38H38F3N3O3S. The summed E-state index contributed by atoms with van der Waals surface area (Å²) >= 11 is 1.38. The van der Waals surface area contributed by atoms with Gasteiger partial charge in [0.05, 0.1) is 23.4 Å². The van der Waals surface area contributed by atoms with E-state index in [9.17, 15) is 22.8 Å². The van der Waals surface area contributed by atoms with Crippen LogP contribution in [0.2, 0.25) is 0 Å². The predicted molar refractivity (Wildman–Crippen MR) is 186 cm³/mol. The maximum absolute atomic E-state index is 14.0. The van der Waals surface area contributed by atoms with Gasteiger partial charge in [0.15, 0.2) is 0 Å². The Labute approximate surface area is 283 Å². The Bertz CT molecular complexity index is 1890. The second kappa shape index (κ2) is 13.8. The highest BCUT2D eigenvalue weighted by atomic mass is 32.1. The molecule has 0 fully saturated rings.